The maximum atomic E-state index is 10.6. The molecule has 6 heteroatoms. The lowest BCUT2D eigenvalue weighted by atomic mass is 10.2. The molecule has 0 bridgehead atoms. The third kappa shape index (κ3) is 3.94. The molecule has 2 N–H and O–H groups in total. The molecule has 108 valence electrons. The van der Waals surface area contributed by atoms with Crippen molar-refractivity contribution in [3.05, 3.63) is 39.9 Å². The summed E-state index contributed by atoms with van der Waals surface area (Å²) in [5, 5.41) is 10.6. The van der Waals surface area contributed by atoms with E-state index in [-0.39, 0.29) is 5.69 Å². The Balaban J connectivity index is 1.95. The van der Waals surface area contributed by atoms with E-state index in [2.05, 4.69) is 9.89 Å². The minimum Gasteiger partial charge on any atom is -0.370 e. The Morgan fingerprint density at radius 2 is 1.80 bits per heavy atom. The molecule has 0 saturated carbocycles. The van der Waals surface area contributed by atoms with Crippen molar-refractivity contribution in [2.45, 2.75) is 32.2 Å². The molecule has 2 rings (SSSR count). The number of nitrogens with zero attached hydrogens (tertiary/aromatic N) is 3. The van der Waals surface area contributed by atoms with Crippen LogP contribution in [0.25, 0.3) is 0 Å². The Morgan fingerprint density at radius 3 is 2.35 bits per heavy atom. The number of hydrogen-bond acceptors (Lipinski definition) is 3. The highest BCUT2D eigenvalue weighted by atomic mass is 16.6. The number of nitro groups is 1. The van der Waals surface area contributed by atoms with Gasteiger partial charge in [-0.15, -0.1) is 0 Å². The highest BCUT2D eigenvalue weighted by Gasteiger charge is 2.10. The summed E-state index contributed by atoms with van der Waals surface area (Å²) in [6.07, 6.45) is 4.83. The van der Waals surface area contributed by atoms with Gasteiger partial charge < -0.3 is 10.6 Å². The maximum Gasteiger partial charge on any atom is 0.269 e. The molecule has 20 heavy (non-hydrogen) atoms. The third-order valence-electron chi connectivity index (χ3n) is 3.50. The smallest absolute Gasteiger partial charge is 0.269 e. The quantitative estimate of drug-likeness (QED) is 0.397. The summed E-state index contributed by atoms with van der Waals surface area (Å²) in [5.41, 5.74) is 7.03. The highest BCUT2D eigenvalue weighted by molar-refractivity contribution is 5.78. The Morgan fingerprint density at radius 1 is 1.20 bits per heavy atom. The van der Waals surface area contributed by atoms with Crippen LogP contribution < -0.4 is 5.73 Å². The minimum atomic E-state index is -0.404. The molecule has 0 unspecified atom stereocenters. The van der Waals surface area contributed by atoms with Gasteiger partial charge in [0, 0.05) is 25.2 Å². The molecular weight excluding hydrogens is 256 g/mol. The second-order valence-corrected chi connectivity index (χ2v) is 5.00. The van der Waals surface area contributed by atoms with Crippen molar-refractivity contribution < 1.29 is 4.92 Å². The molecule has 1 saturated heterocycles. The highest BCUT2D eigenvalue weighted by Crippen LogP contribution is 2.13. The molecule has 1 fully saturated rings. The molecule has 6 nitrogen and oxygen atoms in total. The molecule has 1 aromatic rings. The van der Waals surface area contributed by atoms with Crippen molar-refractivity contribution in [3.63, 3.8) is 0 Å². The minimum absolute atomic E-state index is 0.0956. The fourth-order valence-corrected chi connectivity index (χ4v) is 2.30. The summed E-state index contributed by atoms with van der Waals surface area (Å²) in [6, 6.07) is 6.43. The van der Waals surface area contributed by atoms with E-state index in [1.54, 1.807) is 12.1 Å². The van der Waals surface area contributed by atoms with E-state index in [9.17, 15) is 10.1 Å². The number of benzene rings is 1. The molecular formula is C14H20N4O2. The first-order valence-corrected chi connectivity index (χ1v) is 6.95. The Kier molecular flexibility index (Phi) is 4.92. The lowest BCUT2D eigenvalue weighted by Crippen LogP contribution is -2.38. The van der Waals surface area contributed by atoms with Gasteiger partial charge in [0.2, 0.25) is 0 Å². The van der Waals surface area contributed by atoms with Crippen molar-refractivity contribution in [2.24, 2.45) is 10.7 Å². The van der Waals surface area contributed by atoms with E-state index < -0.39 is 4.92 Å². The first-order chi connectivity index (χ1) is 9.66. The first kappa shape index (κ1) is 14.3. The summed E-state index contributed by atoms with van der Waals surface area (Å²) in [5.74, 6) is 0.574. The Labute approximate surface area is 118 Å². The van der Waals surface area contributed by atoms with Gasteiger partial charge in [-0.1, -0.05) is 25.0 Å². The van der Waals surface area contributed by atoms with Crippen LogP contribution in [0.3, 0.4) is 0 Å². The Bertz CT molecular complexity index is 476. The van der Waals surface area contributed by atoms with Crippen LogP contribution in [0.5, 0.6) is 0 Å². The molecule has 1 aliphatic rings. The van der Waals surface area contributed by atoms with Gasteiger partial charge in [-0.3, -0.25) is 10.1 Å². The molecule has 1 aliphatic heterocycles. The summed E-state index contributed by atoms with van der Waals surface area (Å²) in [7, 11) is 0. The maximum absolute atomic E-state index is 10.6. The number of nitrogens with two attached hydrogens (primary N) is 1. The molecule has 0 spiro atoms. The zero-order valence-electron chi connectivity index (χ0n) is 11.5. The van der Waals surface area contributed by atoms with E-state index in [0.717, 1.165) is 31.5 Å². The summed E-state index contributed by atoms with van der Waals surface area (Å²) < 4.78 is 0. The predicted octanol–water partition coefficient (Wildman–Crippen LogP) is 2.29. The largest absolute Gasteiger partial charge is 0.370 e. The van der Waals surface area contributed by atoms with Gasteiger partial charge in [0.05, 0.1) is 11.5 Å². The van der Waals surface area contributed by atoms with Crippen LogP contribution in [0.2, 0.25) is 0 Å². The molecule has 0 aliphatic carbocycles. The van der Waals surface area contributed by atoms with Crippen LogP contribution in [-0.4, -0.2) is 28.9 Å². The van der Waals surface area contributed by atoms with Crippen molar-refractivity contribution >= 4 is 11.6 Å². The fourth-order valence-electron chi connectivity index (χ4n) is 2.30. The van der Waals surface area contributed by atoms with Gasteiger partial charge in [-0.25, -0.2) is 4.99 Å². The topological polar surface area (TPSA) is 84.8 Å². The number of non-ortho nitro benzene ring substituents is 1. The van der Waals surface area contributed by atoms with Crippen LogP contribution in [0, 0.1) is 10.1 Å². The zero-order valence-corrected chi connectivity index (χ0v) is 11.5. The number of hydrogen-bond donors (Lipinski definition) is 1. The molecule has 0 amide bonds. The lowest BCUT2D eigenvalue weighted by Gasteiger charge is -2.21. The first-order valence-electron chi connectivity index (χ1n) is 6.95. The van der Waals surface area contributed by atoms with Gasteiger partial charge in [-0.2, -0.15) is 0 Å². The lowest BCUT2D eigenvalue weighted by molar-refractivity contribution is -0.384. The Hall–Kier alpha value is -2.11. The second-order valence-electron chi connectivity index (χ2n) is 5.00. The van der Waals surface area contributed by atoms with Crippen LogP contribution in [0.4, 0.5) is 5.69 Å². The van der Waals surface area contributed by atoms with Crippen molar-refractivity contribution in [1.29, 1.82) is 0 Å². The van der Waals surface area contributed by atoms with Gasteiger partial charge in [-0.05, 0) is 18.4 Å². The molecule has 0 radical (unpaired) electrons. The zero-order chi connectivity index (χ0) is 14.4. The van der Waals surface area contributed by atoms with E-state index in [1.165, 1.54) is 25.0 Å². The van der Waals surface area contributed by atoms with Gasteiger partial charge in [0.25, 0.3) is 5.69 Å². The number of aliphatic imine (C=N–C) groups is 1. The monoisotopic (exact) mass is 276 g/mol. The summed E-state index contributed by atoms with van der Waals surface area (Å²) >= 11 is 0. The van der Waals surface area contributed by atoms with Crippen LogP contribution in [-0.2, 0) is 6.54 Å². The predicted molar refractivity (Wildman–Crippen MR) is 78.5 cm³/mol. The average molecular weight is 276 g/mol. The van der Waals surface area contributed by atoms with Crippen LogP contribution >= 0.6 is 0 Å². The number of rotatable bonds is 3. The normalized spacial score (nSPS) is 16.8. The number of likely N-dealkylation sites (tertiary alicyclic amines) is 1. The SMILES string of the molecule is NC(=NCc1ccc([N+](=O)[O-])cc1)N1CCCCCC1. The average Bonchev–Trinajstić information content (AvgIpc) is 2.74. The number of nitro benzene ring substituents is 1. The molecule has 1 aromatic carbocycles. The van der Waals surface area contributed by atoms with Crippen LogP contribution in [0.1, 0.15) is 31.2 Å². The standard InChI is InChI=1S/C14H20N4O2/c15-14(17-9-3-1-2-4-10-17)16-11-12-5-7-13(8-6-12)18(19)20/h5-8H,1-4,9-11H2,(H2,15,16). The van der Waals surface area contributed by atoms with Gasteiger partial charge in [0.15, 0.2) is 5.96 Å². The number of guanidine groups is 1. The van der Waals surface area contributed by atoms with Gasteiger partial charge in [0.1, 0.15) is 0 Å². The second kappa shape index (κ2) is 6.88. The summed E-state index contributed by atoms with van der Waals surface area (Å²) in [4.78, 5) is 16.7. The van der Waals surface area contributed by atoms with E-state index in [1.807, 2.05) is 0 Å². The molecule has 0 aromatic heterocycles. The molecule has 0 atom stereocenters. The van der Waals surface area contributed by atoms with E-state index >= 15 is 0 Å². The van der Waals surface area contributed by atoms with Crippen molar-refractivity contribution in [2.75, 3.05) is 13.1 Å². The van der Waals surface area contributed by atoms with Gasteiger partial charge >= 0.3 is 0 Å². The summed E-state index contributed by atoms with van der Waals surface area (Å²) in [6.45, 7) is 2.39. The third-order valence-corrected chi connectivity index (χ3v) is 3.50. The van der Waals surface area contributed by atoms with E-state index in [0.29, 0.717) is 12.5 Å². The fraction of sp³-hybridized carbons (Fsp3) is 0.500. The van der Waals surface area contributed by atoms with Crippen molar-refractivity contribution in [3.8, 4) is 0 Å². The van der Waals surface area contributed by atoms with Crippen molar-refractivity contribution in [1.82, 2.24) is 4.90 Å². The molecule has 1 heterocycles. The van der Waals surface area contributed by atoms with E-state index in [4.69, 9.17) is 5.73 Å². The van der Waals surface area contributed by atoms with Crippen LogP contribution in [0.15, 0.2) is 29.3 Å².